The van der Waals surface area contributed by atoms with Gasteiger partial charge in [-0.25, -0.2) is 9.97 Å². The lowest BCUT2D eigenvalue weighted by molar-refractivity contribution is -0.134. The number of aromatic nitrogens is 8. The van der Waals surface area contributed by atoms with Gasteiger partial charge in [0.05, 0.1) is 99.2 Å². The molecular formula is C52H54F6N10O6. The SMILES string of the molecule is C.COc1cc(-n2cnc3cc(-c4cnn(C5CN(C)C5)c4)ccc32)cc(OC)c1C(=O)CCC(F)(F)F.COc1cc(-n2cnc3cc(-c4cnn(C5CNC5)c4)ccc32)cc(OC)c1C(=O)CCC(F)(F)F. The highest BCUT2D eigenvalue weighted by Crippen LogP contribution is 2.38. The number of carbonyl (C=O) groups excluding carboxylic acids is 2. The zero-order valence-electron chi connectivity index (χ0n) is 40.3. The van der Waals surface area contributed by atoms with Crippen LogP contribution in [0.4, 0.5) is 26.3 Å². The van der Waals surface area contributed by atoms with E-state index >= 15 is 0 Å². The van der Waals surface area contributed by atoms with Crippen molar-refractivity contribution in [2.24, 2.45) is 0 Å². The number of likely N-dealkylation sites (N-methyl/N-ethyl adjacent to an activating group) is 1. The molecule has 390 valence electrons. The third kappa shape index (κ3) is 11.1. The van der Waals surface area contributed by atoms with Crippen LogP contribution in [0.5, 0.6) is 23.0 Å². The number of nitrogens with one attached hydrogen (secondary N) is 1. The number of likely N-dealkylation sites (tertiary alicyclic amines) is 1. The summed E-state index contributed by atoms with van der Waals surface area (Å²) in [4.78, 5) is 36.5. The van der Waals surface area contributed by atoms with Crippen LogP contribution in [0.2, 0.25) is 0 Å². The van der Waals surface area contributed by atoms with Crippen molar-refractivity contribution in [1.29, 1.82) is 0 Å². The van der Waals surface area contributed by atoms with Crippen molar-refractivity contribution >= 4 is 33.6 Å². The predicted molar refractivity (Wildman–Crippen MR) is 265 cm³/mol. The first-order valence-corrected chi connectivity index (χ1v) is 23.1. The number of rotatable bonds is 16. The summed E-state index contributed by atoms with van der Waals surface area (Å²) in [7, 11) is 7.52. The van der Waals surface area contributed by atoms with Crippen LogP contribution in [0.1, 0.15) is 65.9 Å². The highest BCUT2D eigenvalue weighted by Gasteiger charge is 2.32. The van der Waals surface area contributed by atoms with Crippen molar-refractivity contribution in [2.75, 3.05) is 61.7 Å². The quantitative estimate of drug-likeness (QED) is 0.0723. The molecule has 16 nitrogen and oxygen atoms in total. The molecule has 2 saturated heterocycles. The number of fused-ring (bicyclic) bond motifs is 2. The van der Waals surface area contributed by atoms with Crippen molar-refractivity contribution in [2.45, 2.75) is 57.5 Å². The lowest BCUT2D eigenvalue weighted by Gasteiger charge is -2.36. The molecule has 0 amide bonds. The Kier molecular flexibility index (Phi) is 15.2. The van der Waals surface area contributed by atoms with Gasteiger partial charge in [-0.15, -0.1) is 0 Å². The van der Waals surface area contributed by atoms with Crippen LogP contribution in [0, 0.1) is 0 Å². The zero-order chi connectivity index (χ0) is 51.8. The third-order valence-corrected chi connectivity index (χ3v) is 12.9. The number of nitrogens with zero attached hydrogens (tertiary/aromatic N) is 9. The minimum atomic E-state index is -4.43. The molecule has 2 aliphatic heterocycles. The molecule has 1 N–H and O–H groups in total. The van der Waals surface area contributed by atoms with Gasteiger partial charge in [0.15, 0.2) is 11.6 Å². The minimum absolute atomic E-state index is 0. The number of imidazole rings is 2. The van der Waals surface area contributed by atoms with E-state index in [1.165, 1.54) is 28.4 Å². The maximum absolute atomic E-state index is 12.7. The number of hydrogen-bond donors (Lipinski definition) is 1. The van der Waals surface area contributed by atoms with Crippen LogP contribution < -0.4 is 24.3 Å². The van der Waals surface area contributed by atoms with Crippen LogP contribution in [0.3, 0.4) is 0 Å². The van der Waals surface area contributed by atoms with E-state index in [9.17, 15) is 35.9 Å². The van der Waals surface area contributed by atoms with Gasteiger partial charge >= 0.3 is 12.4 Å². The van der Waals surface area contributed by atoms with Gasteiger partial charge in [-0.2, -0.15) is 36.5 Å². The first-order chi connectivity index (χ1) is 34.9. The van der Waals surface area contributed by atoms with Crippen molar-refractivity contribution in [3.8, 4) is 56.6 Å². The molecular weight excluding hydrogens is 975 g/mol. The molecule has 0 atom stereocenters. The second kappa shape index (κ2) is 21.4. The van der Waals surface area contributed by atoms with Gasteiger partial charge in [-0.1, -0.05) is 19.6 Å². The molecule has 0 saturated carbocycles. The summed E-state index contributed by atoms with van der Waals surface area (Å²) in [6.07, 6.45) is -1.67. The zero-order valence-corrected chi connectivity index (χ0v) is 40.3. The molecule has 0 unspecified atom stereocenters. The first kappa shape index (κ1) is 52.6. The summed E-state index contributed by atoms with van der Waals surface area (Å²) in [5.74, 6) is -0.874. The normalized spacial score (nSPS) is 14.2. The first-order valence-electron chi connectivity index (χ1n) is 23.1. The maximum atomic E-state index is 12.7. The van der Waals surface area contributed by atoms with E-state index < -0.39 is 49.6 Å². The fourth-order valence-corrected chi connectivity index (χ4v) is 8.85. The molecule has 0 aliphatic carbocycles. The number of ether oxygens (including phenoxy) is 4. The van der Waals surface area contributed by atoms with Gasteiger partial charge in [0.2, 0.25) is 0 Å². The largest absolute Gasteiger partial charge is 0.496 e. The molecule has 6 heterocycles. The van der Waals surface area contributed by atoms with E-state index in [4.69, 9.17) is 18.9 Å². The van der Waals surface area contributed by atoms with Gasteiger partial charge < -0.3 is 29.2 Å². The lowest BCUT2D eigenvalue weighted by atomic mass is 10.0. The molecule has 74 heavy (non-hydrogen) atoms. The smallest absolute Gasteiger partial charge is 0.389 e. The summed E-state index contributed by atoms with van der Waals surface area (Å²) >= 11 is 0. The van der Waals surface area contributed by atoms with Crippen LogP contribution in [0.25, 0.3) is 55.7 Å². The highest BCUT2D eigenvalue weighted by molar-refractivity contribution is 6.02. The third-order valence-electron chi connectivity index (χ3n) is 12.9. The van der Waals surface area contributed by atoms with E-state index in [0.29, 0.717) is 23.5 Å². The van der Waals surface area contributed by atoms with E-state index in [1.807, 2.05) is 75.1 Å². The highest BCUT2D eigenvalue weighted by atomic mass is 19.4. The fourth-order valence-electron chi connectivity index (χ4n) is 8.85. The Morgan fingerprint density at radius 3 is 1.32 bits per heavy atom. The molecule has 0 bridgehead atoms. The molecule has 0 radical (unpaired) electrons. The minimum Gasteiger partial charge on any atom is -0.496 e. The summed E-state index contributed by atoms with van der Waals surface area (Å²) in [6, 6.07) is 18.9. The van der Waals surface area contributed by atoms with Gasteiger partial charge in [0.25, 0.3) is 0 Å². The second-order valence-electron chi connectivity index (χ2n) is 17.8. The number of hydrogen-bond acceptors (Lipinski definition) is 12. The summed E-state index contributed by atoms with van der Waals surface area (Å²) < 4.78 is 105. The Morgan fingerprint density at radius 1 is 0.595 bits per heavy atom. The van der Waals surface area contributed by atoms with Gasteiger partial charge in [-0.3, -0.25) is 28.1 Å². The van der Waals surface area contributed by atoms with Crippen molar-refractivity contribution in [3.63, 3.8) is 0 Å². The molecule has 4 aromatic carbocycles. The van der Waals surface area contributed by atoms with Crippen molar-refractivity contribution in [3.05, 3.63) is 109 Å². The maximum Gasteiger partial charge on any atom is 0.389 e. The van der Waals surface area contributed by atoms with E-state index in [0.717, 1.165) is 70.5 Å². The number of halogens is 6. The fraction of sp³-hybridized carbons (Fsp3) is 0.346. The lowest BCUT2D eigenvalue weighted by Crippen LogP contribution is -2.45. The summed E-state index contributed by atoms with van der Waals surface area (Å²) in [5, 5.41) is 12.2. The summed E-state index contributed by atoms with van der Waals surface area (Å²) in [5.41, 5.74) is 8.20. The molecule has 22 heteroatoms. The molecule has 0 spiro atoms. The Bertz CT molecular complexity index is 3260. The number of ketones is 2. The number of Topliss-reactive ketones (excluding diaryl/α,β-unsaturated/α-hetero) is 2. The molecule has 2 fully saturated rings. The Hall–Kier alpha value is -7.72. The average molecular weight is 1030 g/mol. The van der Waals surface area contributed by atoms with Crippen molar-refractivity contribution in [1.82, 2.24) is 48.9 Å². The van der Waals surface area contributed by atoms with E-state index in [-0.39, 0.29) is 41.6 Å². The molecule has 8 aromatic rings. The summed E-state index contributed by atoms with van der Waals surface area (Å²) in [6.45, 7) is 3.77. The number of alkyl halides is 6. The second-order valence-corrected chi connectivity index (χ2v) is 17.8. The molecule has 4 aromatic heterocycles. The average Bonchev–Trinajstić information content (AvgIpc) is 4.19. The number of benzene rings is 4. The number of methoxy groups -OCH3 is 4. The van der Waals surface area contributed by atoms with Gasteiger partial charge in [-0.05, 0) is 42.4 Å². The van der Waals surface area contributed by atoms with Gasteiger partial charge in [0.1, 0.15) is 46.8 Å². The topological polar surface area (TPSA) is 158 Å². The van der Waals surface area contributed by atoms with Gasteiger partial charge in [0, 0.05) is 86.8 Å². The standard InChI is InChI=1S/C26H26F3N5O3.C25H24F3N5O3.CH4/c1-32-13-19(14-32)34-12-17(11-31-34)16-4-5-21-20(8-16)30-15-33(21)18-9-23(36-2)25(24(10-18)37-3)22(35)6-7-26(27,28)29;1-35-22-8-17(9-23(36-2)24(22)21(34)5-6-25(26,27)28)32-14-30-19-7-15(3-4-20(19)32)16-10-31-33(13-16)18-11-29-12-18;/h4-5,8-12,15,19H,6-7,13-14H2,1-3H3;3-4,7-10,13-14,18,29H,5-6,11-12H2,1-2H3;1H4. The number of carbonyl (C=O) groups is 2. The Balaban J connectivity index is 0.000000194. The van der Waals surface area contributed by atoms with Crippen LogP contribution >= 0.6 is 0 Å². The van der Waals surface area contributed by atoms with E-state index in [2.05, 4.69) is 37.4 Å². The van der Waals surface area contributed by atoms with Crippen LogP contribution in [-0.2, 0) is 0 Å². The Morgan fingerprint density at radius 2 is 0.986 bits per heavy atom. The Labute approximate surface area is 421 Å². The molecule has 10 rings (SSSR count). The monoisotopic (exact) mass is 1030 g/mol. The van der Waals surface area contributed by atoms with E-state index in [1.54, 1.807) is 41.5 Å². The van der Waals surface area contributed by atoms with Crippen LogP contribution in [-0.4, -0.2) is 129 Å². The molecule has 2 aliphatic rings. The predicted octanol–water partition coefficient (Wildman–Crippen LogP) is 10.1. The van der Waals surface area contributed by atoms with Crippen molar-refractivity contribution < 1.29 is 54.9 Å². The van der Waals surface area contributed by atoms with Crippen LogP contribution in [0.15, 0.2) is 98.1 Å².